The first kappa shape index (κ1) is 14.2. The zero-order valence-electron chi connectivity index (χ0n) is 10.5. The molecule has 0 heterocycles. The molecule has 1 unspecified atom stereocenters. The highest BCUT2D eigenvalue weighted by molar-refractivity contribution is 5.79. The Labute approximate surface area is 107 Å². The van der Waals surface area contributed by atoms with Gasteiger partial charge in [-0.2, -0.15) is 0 Å². The third-order valence-corrected chi connectivity index (χ3v) is 2.13. The maximum Gasteiger partial charge on any atom is 0.153 e. The summed E-state index contributed by atoms with van der Waals surface area (Å²) in [6.07, 6.45) is 0.726. The fraction of sp³-hybridized carbons (Fsp3) is 0.357. The number of ether oxygens (including phenoxy) is 2. The number of aldehydes is 1. The topological polar surface area (TPSA) is 55.8 Å². The molecule has 0 aliphatic rings. The molecule has 96 valence electrons. The van der Waals surface area contributed by atoms with Crippen LogP contribution in [0, 0.1) is 11.8 Å². The predicted molar refractivity (Wildman–Crippen MR) is 67.6 cm³/mol. The van der Waals surface area contributed by atoms with Gasteiger partial charge in [-0.25, -0.2) is 0 Å². The van der Waals surface area contributed by atoms with Crippen molar-refractivity contribution < 1.29 is 19.4 Å². The molecule has 1 atom stereocenters. The first-order valence-electron chi connectivity index (χ1n) is 5.47. The second kappa shape index (κ2) is 6.80. The van der Waals surface area contributed by atoms with Gasteiger partial charge < -0.3 is 14.6 Å². The van der Waals surface area contributed by atoms with Crippen LogP contribution in [-0.2, 0) is 4.74 Å². The molecule has 4 heteroatoms. The number of methoxy groups -OCH3 is 1. The Hall–Kier alpha value is -1.83. The van der Waals surface area contributed by atoms with Gasteiger partial charge in [-0.05, 0) is 19.1 Å². The zero-order chi connectivity index (χ0) is 13.4. The molecular weight excluding hydrogens is 232 g/mol. The van der Waals surface area contributed by atoms with E-state index in [-0.39, 0.29) is 13.2 Å². The molecule has 1 aromatic carbocycles. The van der Waals surface area contributed by atoms with E-state index < -0.39 is 5.60 Å². The van der Waals surface area contributed by atoms with Crippen LogP contribution in [0.5, 0.6) is 5.75 Å². The van der Waals surface area contributed by atoms with E-state index in [1.807, 2.05) is 0 Å². The molecule has 0 aliphatic carbocycles. The number of hydrogen-bond donors (Lipinski definition) is 1. The molecule has 4 nitrogen and oxygen atoms in total. The van der Waals surface area contributed by atoms with E-state index in [9.17, 15) is 9.90 Å². The van der Waals surface area contributed by atoms with E-state index in [1.165, 1.54) is 7.11 Å². The second-order valence-electron chi connectivity index (χ2n) is 3.95. The SMILES string of the molecule is COCC(C)(O)C#CCOc1ccccc1C=O. The molecule has 0 saturated heterocycles. The van der Waals surface area contributed by atoms with Crippen LogP contribution in [-0.4, -0.2) is 37.3 Å². The number of carbonyl (C=O) groups excluding carboxylic acids is 1. The van der Waals surface area contributed by atoms with E-state index in [0.29, 0.717) is 11.3 Å². The monoisotopic (exact) mass is 248 g/mol. The van der Waals surface area contributed by atoms with Crippen LogP contribution >= 0.6 is 0 Å². The van der Waals surface area contributed by atoms with Gasteiger partial charge in [0.2, 0.25) is 0 Å². The van der Waals surface area contributed by atoms with Gasteiger partial charge >= 0.3 is 0 Å². The number of rotatable bonds is 5. The molecule has 1 aromatic rings. The van der Waals surface area contributed by atoms with Gasteiger partial charge in [-0.1, -0.05) is 24.0 Å². The average Bonchev–Trinajstić information content (AvgIpc) is 2.35. The fourth-order valence-electron chi connectivity index (χ4n) is 1.37. The van der Waals surface area contributed by atoms with Crippen LogP contribution in [0.2, 0.25) is 0 Å². The maximum absolute atomic E-state index is 10.7. The summed E-state index contributed by atoms with van der Waals surface area (Å²) in [5.74, 6) is 5.81. The molecule has 0 radical (unpaired) electrons. The summed E-state index contributed by atoms with van der Waals surface area (Å²) in [4.78, 5) is 10.7. The van der Waals surface area contributed by atoms with Crippen molar-refractivity contribution in [3.8, 4) is 17.6 Å². The minimum atomic E-state index is -1.19. The van der Waals surface area contributed by atoms with Crippen LogP contribution in [0.15, 0.2) is 24.3 Å². The number of hydrogen-bond acceptors (Lipinski definition) is 4. The Morgan fingerprint density at radius 2 is 2.17 bits per heavy atom. The van der Waals surface area contributed by atoms with Crippen molar-refractivity contribution in [2.45, 2.75) is 12.5 Å². The smallest absolute Gasteiger partial charge is 0.153 e. The number of aliphatic hydroxyl groups is 1. The van der Waals surface area contributed by atoms with Gasteiger partial charge in [0.15, 0.2) is 6.29 Å². The van der Waals surface area contributed by atoms with E-state index in [0.717, 1.165) is 6.29 Å². The van der Waals surface area contributed by atoms with E-state index in [1.54, 1.807) is 31.2 Å². The molecule has 0 aliphatic heterocycles. The van der Waals surface area contributed by atoms with Gasteiger partial charge in [0.05, 0.1) is 12.2 Å². The lowest BCUT2D eigenvalue weighted by Crippen LogP contribution is -2.27. The lowest BCUT2D eigenvalue weighted by molar-refractivity contribution is 0.0273. The van der Waals surface area contributed by atoms with Crippen molar-refractivity contribution in [2.75, 3.05) is 20.3 Å². The molecule has 0 bridgehead atoms. The van der Waals surface area contributed by atoms with Crippen molar-refractivity contribution in [2.24, 2.45) is 0 Å². The Morgan fingerprint density at radius 1 is 1.44 bits per heavy atom. The lowest BCUT2D eigenvalue weighted by Gasteiger charge is -2.14. The van der Waals surface area contributed by atoms with Crippen molar-refractivity contribution >= 4 is 6.29 Å². The molecule has 0 saturated carbocycles. The Balaban J connectivity index is 2.57. The van der Waals surface area contributed by atoms with Gasteiger partial charge in [0, 0.05) is 7.11 Å². The molecule has 0 fully saturated rings. The number of carbonyl (C=O) groups is 1. The van der Waals surface area contributed by atoms with Gasteiger partial charge in [-0.3, -0.25) is 4.79 Å². The predicted octanol–water partition coefficient (Wildman–Crippen LogP) is 1.28. The quantitative estimate of drug-likeness (QED) is 0.630. The van der Waals surface area contributed by atoms with Crippen LogP contribution in [0.4, 0.5) is 0 Å². The van der Waals surface area contributed by atoms with Crippen LogP contribution in [0.3, 0.4) is 0 Å². The molecule has 18 heavy (non-hydrogen) atoms. The molecule has 1 rings (SSSR count). The van der Waals surface area contributed by atoms with Gasteiger partial charge in [0.1, 0.15) is 18.0 Å². The Bertz CT molecular complexity index is 454. The van der Waals surface area contributed by atoms with E-state index in [2.05, 4.69) is 11.8 Å². The summed E-state index contributed by atoms with van der Waals surface area (Å²) in [5.41, 5.74) is -0.717. The molecule has 0 amide bonds. The van der Waals surface area contributed by atoms with Crippen molar-refractivity contribution in [3.05, 3.63) is 29.8 Å². The second-order valence-corrected chi connectivity index (χ2v) is 3.95. The van der Waals surface area contributed by atoms with Crippen molar-refractivity contribution in [3.63, 3.8) is 0 Å². The summed E-state index contributed by atoms with van der Waals surface area (Å²) in [6.45, 7) is 1.79. The Morgan fingerprint density at radius 3 is 2.83 bits per heavy atom. The highest BCUT2D eigenvalue weighted by Gasteiger charge is 2.15. The summed E-state index contributed by atoms with van der Waals surface area (Å²) in [5, 5.41) is 9.70. The largest absolute Gasteiger partial charge is 0.480 e. The molecule has 1 N–H and O–H groups in total. The first-order valence-corrected chi connectivity index (χ1v) is 5.47. The van der Waals surface area contributed by atoms with Crippen molar-refractivity contribution in [1.82, 2.24) is 0 Å². The van der Waals surface area contributed by atoms with Crippen LogP contribution in [0.1, 0.15) is 17.3 Å². The fourth-order valence-corrected chi connectivity index (χ4v) is 1.37. The maximum atomic E-state index is 10.7. The van der Waals surface area contributed by atoms with Gasteiger partial charge in [-0.15, -0.1) is 0 Å². The first-order chi connectivity index (χ1) is 8.59. The van der Waals surface area contributed by atoms with Crippen LogP contribution in [0.25, 0.3) is 0 Å². The third-order valence-electron chi connectivity index (χ3n) is 2.13. The van der Waals surface area contributed by atoms with Gasteiger partial charge in [0.25, 0.3) is 0 Å². The van der Waals surface area contributed by atoms with E-state index in [4.69, 9.17) is 9.47 Å². The van der Waals surface area contributed by atoms with Crippen molar-refractivity contribution in [1.29, 1.82) is 0 Å². The normalized spacial score (nSPS) is 13.1. The number of benzene rings is 1. The summed E-state index contributed by atoms with van der Waals surface area (Å²) in [6, 6.07) is 6.89. The Kier molecular flexibility index (Phi) is 5.37. The standard InChI is InChI=1S/C14H16O4/c1-14(16,11-17-2)8-5-9-18-13-7-4-3-6-12(13)10-15/h3-4,6-7,10,16H,9,11H2,1-2H3. The molecule has 0 aromatic heterocycles. The highest BCUT2D eigenvalue weighted by Crippen LogP contribution is 2.15. The molecular formula is C14H16O4. The van der Waals surface area contributed by atoms with Crippen LogP contribution < -0.4 is 4.74 Å². The zero-order valence-corrected chi connectivity index (χ0v) is 10.5. The summed E-state index contributed by atoms with van der Waals surface area (Å²) in [7, 11) is 1.49. The third kappa shape index (κ3) is 4.58. The number of para-hydroxylation sites is 1. The summed E-state index contributed by atoms with van der Waals surface area (Å²) < 4.78 is 10.2. The molecule has 0 spiro atoms. The minimum absolute atomic E-state index is 0.102. The summed E-state index contributed by atoms with van der Waals surface area (Å²) >= 11 is 0. The van der Waals surface area contributed by atoms with E-state index >= 15 is 0 Å². The lowest BCUT2D eigenvalue weighted by atomic mass is 10.1. The average molecular weight is 248 g/mol. The highest BCUT2D eigenvalue weighted by atomic mass is 16.5. The minimum Gasteiger partial charge on any atom is -0.480 e.